The Kier molecular flexibility index (Phi) is 3.71. The fourth-order valence-corrected chi connectivity index (χ4v) is 2.85. The zero-order valence-electron chi connectivity index (χ0n) is 10.1. The van der Waals surface area contributed by atoms with E-state index >= 15 is 0 Å². The Morgan fingerprint density at radius 1 is 1.35 bits per heavy atom. The topological polar surface area (TPSA) is 29.5 Å². The maximum absolute atomic E-state index is 12.3. The van der Waals surface area contributed by atoms with Crippen molar-refractivity contribution in [1.29, 1.82) is 0 Å². The minimum atomic E-state index is -0.0373. The van der Waals surface area contributed by atoms with Gasteiger partial charge in [0.1, 0.15) is 4.49 Å². The van der Waals surface area contributed by atoms with Crippen molar-refractivity contribution in [3.63, 3.8) is 0 Å². The molecule has 1 aliphatic carbocycles. The molecule has 0 aromatic rings. The van der Waals surface area contributed by atoms with Crippen LogP contribution in [0.5, 0.6) is 0 Å². The molecule has 0 aromatic carbocycles. The summed E-state index contributed by atoms with van der Waals surface area (Å²) in [6, 6.07) is 0. The lowest BCUT2D eigenvalue weighted by molar-refractivity contribution is -0.137. The fourth-order valence-electron chi connectivity index (χ4n) is 2.58. The molecule has 0 radical (unpaired) electrons. The smallest absolute Gasteiger partial charge is 0.227 e. The van der Waals surface area contributed by atoms with Gasteiger partial charge in [-0.2, -0.15) is 0 Å². The zero-order chi connectivity index (χ0) is 12.6. The van der Waals surface area contributed by atoms with E-state index in [1.165, 1.54) is 0 Å². The number of allylic oxidation sites excluding steroid dienone is 1. The summed E-state index contributed by atoms with van der Waals surface area (Å²) in [7, 11) is 0. The molecule has 0 spiro atoms. The Morgan fingerprint density at radius 2 is 1.94 bits per heavy atom. The van der Waals surface area contributed by atoms with Crippen LogP contribution in [0.25, 0.3) is 0 Å². The van der Waals surface area contributed by atoms with E-state index in [0.717, 1.165) is 0 Å². The molecule has 2 aliphatic rings. The van der Waals surface area contributed by atoms with E-state index < -0.39 is 0 Å². The van der Waals surface area contributed by atoms with Gasteiger partial charge < -0.3 is 9.64 Å². The Hall–Kier alpha value is -0.250. The van der Waals surface area contributed by atoms with Crippen molar-refractivity contribution >= 4 is 29.1 Å². The average molecular weight is 278 g/mol. The van der Waals surface area contributed by atoms with Gasteiger partial charge in [-0.3, -0.25) is 4.79 Å². The fraction of sp³-hybridized carbons (Fsp3) is 0.750. The van der Waals surface area contributed by atoms with Crippen LogP contribution in [0.2, 0.25) is 0 Å². The molecule has 1 amide bonds. The molecule has 0 N–H and O–H groups in total. The van der Waals surface area contributed by atoms with Gasteiger partial charge in [-0.05, 0) is 17.4 Å². The van der Waals surface area contributed by atoms with Crippen LogP contribution in [-0.2, 0) is 9.53 Å². The van der Waals surface area contributed by atoms with Crippen LogP contribution < -0.4 is 0 Å². The average Bonchev–Trinajstić information content (AvgIpc) is 2.80. The Bertz CT molecular complexity index is 344. The summed E-state index contributed by atoms with van der Waals surface area (Å²) < 4.78 is 5.50. The molecular formula is C12H17Cl2NO2. The van der Waals surface area contributed by atoms with E-state index in [9.17, 15) is 4.79 Å². The van der Waals surface area contributed by atoms with E-state index in [2.05, 4.69) is 13.8 Å². The van der Waals surface area contributed by atoms with Gasteiger partial charge in [-0.15, -0.1) is 0 Å². The number of carbonyl (C=O) groups excluding carboxylic acids is 1. The van der Waals surface area contributed by atoms with Gasteiger partial charge in [0.05, 0.1) is 19.1 Å². The van der Waals surface area contributed by atoms with Gasteiger partial charge in [0.2, 0.25) is 5.91 Å². The second-order valence-corrected chi connectivity index (χ2v) is 6.23. The minimum Gasteiger partial charge on any atom is -0.378 e. The monoisotopic (exact) mass is 277 g/mol. The number of nitrogens with zero attached hydrogens (tertiary/aromatic N) is 1. The summed E-state index contributed by atoms with van der Waals surface area (Å²) in [4.78, 5) is 14.2. The molecule has 2 rings (SSSR count). The van der Waals surface area contributed by atoms with Crippen LogP contribution in [-0.4, -0.2) is 37.1 Å². The van der Waals surface area contributed by atoms with Crippen molar-refractivity contribution in [3.05, 3.63) is 10.6 Å². The van der Waals surface area contributed by atoms with Crippen LogP contribution in [0.3, 0.4) is 0 Å². The molecule has 1 saturated carbocycles. The maximum Gasteiger partial charge on any atom is 0.227 e. The first-order valence-corrected chi connectivity index (χ1v) is 6.59. The van der Waals surface area contributed by atoms with Gasteiger partial charge in [-0.1, -0.05) is 37.0 Å². The molecule has 1 heterocycles. The summed E-state index contributed by atoms with van der Waals surface area (Å²) in [5.74, 6) is 0.366. The predicted molar refractivity (Wildman–Crippen MR) is 67.9 cm³/mol. The number of amides is 1. The first kappa shape index (κ1) is 13.2. The van der Waals surface area contributed by atoms with Crippen molar-refractivity contribution < 1.29 is 9.53 Å². The molecule has 3 nitrogen and oxygen atoms in total. The van der Waals surface area contributed by atoms with E-state index in [1.807, 2.05) is 4.90 Å². The molecule has 96 valence electrons. The van der Waals surface area contributed by atoms with Crippen molar-refractivity contribution in [2.24, 2.45) is 17.3 Å². The number of hydrogen-bond acceptors (Lipinski definition) is 2. The van der Waals surface area contributed by atoms with E-state index in [1.54, 1.807) is 6.08 Å². The normalized spacial score (nSPS) is 30.9. The number of carbonyl (C=O) groups is 1. The molecule has 1 aliphatic heterocycles. The highest BCUT2D eigenvalue weighted by molar-refractivity contribution is 6.55. The van der Waals surface area contributed by atoms with Crippen LogP contribution in [0.15, 0.2) is 10.6 Å². The Morgan fingerprint density at radius 3 is 2.47 bits per heavy atom. The van der Waals surface area contributed by atoms with Crippen LogP contribution in [0.1, 0.15) is 13.8 Å². The molecule has 1 saturated heterocycles. The lowest BCUT2D eigenvalue weighted by Gasteiger charge is -2.27. The highest BCUT2D eigenvalue weighted by Crippen LogP contribution is 2.60. The molecule has 17 heavy (non-hydrogen) atoms. The summed E-state index contributed by atoms with van der Waals surface area (Å²) in [5.41, 5.74) is -0.0373. The molecule has 0 unspecified atom stereocenters. The molecule has 0 aromatic heterocycles. The third-order valence-electron chi connectivity index (χ3n) is 3.81. The predicted octanol–water partition coefficient (Wildman–Crippen LogP) is 2.44. The first-order chi connectivity index (χ1) is 7.94. The largest absolute Gasteiger partial charge is 0.378 e. The summed E-state index contributed by atoms with van der Waals surface area (Å²) in [6.45, 7) is 6.81. The van der Waals surface area contributed by atoms with Gasteiger partial charge in [0.25, 0.3) is 0 Å². The van der Waals surface area contributed by atoms with E-state index in [0.29, 0.717) is 26.3 Å². The van der Waals surface area contributed by atoms with Gasteiger partial charge in [0, 0.05) is 13.1 Å². The van der Waals surface area contributed by atoms with E-state index in [4.69, 9.17) is 27.9 Å². The number of halogens is 2. The molecular weight excluding hydrogens is 261 g/mol. The van der Waals surface area contributed by atoms with Crippen molar-refractivity contribution in [3.8, 4) is 0 Å². The number of ether oxygens (including phenoxy) is 1. The van der Waals surface area contributed by atoms with Gasteiger partial charge in [0.15, 0.2) is 0 Å². The molecule has 0 bridgehead atoms. The molecule has 2 fully saturated rings. The Balaban J connectivity index is 2.03. The summed E-state index contributed by atoms with van der Waals surface area (Å²) >= 11 is 11.4. The highest BCUT2D eigenvalue weighted by Gasteiger charge is 2.61. The second-order valence-electron chi connectivity index (χ2n) is 5.22. The van der Waals surface area contributed by atoms with Crippen molar-refractivity contribution in [2.75, 3.05) is 26.3 Å². The first-order valence-electron chi connectivity index (χ1n) is 5.84. The van der Waals surface area contributed by atoms with Crippen LogP contribution in [0.4, 0.5) is 0 Å². The number of morpholine rings is 1. The third-order valence-corrected chi connectivity index (χ3v) is 4.06. The standard InChI is InChI=1S/C12H17Cl2NO2/c1-12(2)8(7-9(13)14)10(12)11(16)15-3-5-17-6-4-15/h7-8,10H,3-6H2,1-2H3/t8-,10+/m0/s1. The zero-order valence-corrected chi connectivity index (χ0v) is 11.6. The minimum absolute atomic E-state index is 0.00750. The van der Waals surface area contributed by atoms with Gasteiger partial charge >= 0.3 is 0 Å². The Labute approximate surface area is 112 Å². The lowest BCUT2D eigenvalue weighted by Crippen LogP contribution is -2.42. The van der Waals surface area contributed by atoms with Gasteiger partial charge in [-0.25, -0.2) is 0 Å². The van der Waals surface area contributed by atoms with Crippen molar-refractivity contribution in [1.82, 2.24) is 4.90 Å². The molecule has 5 heteroatoms. The third kappa shape index (κ3) is 2.61. The molecule has 2 atom stereocenters. The second kappa shape index (κ2) is 4.79. The van der Waals surface area contributed by atoms with E-state index in [-0.39, 0.29) is 27.6 Å². The SMILES string of the molecule is CC1(C)[C@@H](C=C(Cl)Cl)[C@@H]1C(=O)N1CCOCC1. The summed E-state index contributed by atoms with van der Waals surface area (Å²) in [5, 5.41) is 0. The van der Waals surface area contributed by atoms with Crippen molar-refractivity contribution in [2.45, 2.75) is 13.8 Å². The highest BCUT2D eigenvalue weighted by atomic mass is 35.5. The van der Waals surface area contributed by atoms with Crippen LogP contribution >= 0.6 is 23.2 Å². The van der Waals surface area contributed by atoms with Crippen LogP contribution in [0, 0.1) is 17.3 Å². The quantitative estimate of drug-likeness (QED) is 0.776. The number of rotatable bonds is 2. The summed E-state index contributed by atoms with van der Waals surface area (Å²) in [6.07, 6.45) is 1.78. The lowest BCUT2D eigenvalue weighted by atomic mass is 10.1. The number of hydrogen-bond donors (Lipinski definition) is 0. The maximum atomic E-state index is 12.3.